The van der Waals surface area contributed by atoms with Crippen molar-refractivity contribution < 1.29 is 4.79 Å². The third kappa shape index (κ3) is 4.02. The zero-order valence-electron chi connectivity index (χ0n) is 12.7. The van der Waals surface area contributed by atoms with Gasteiger partial charge < -0.3 is 10.6 Å². The van der Waals surface area contributed by atoms with E-state index >= 15 is 0 Å². The second-order valence-corrected chi connectivity index (χ2v) is 7.01. The lowest BCUT2D eigenvalue weighted by Gasteiger charge is -2.21. The Kier molecular flexibility index (Phi) is 5.15. The van der Waals surface area contributed by atoms with Crippen LogP contribution in [0.15, 0.2) is 30.6 Å². The van der Waals surface area contributed by atoms with Crippen LogP contribution in [0.3, 0.4) is 0 Å². The van der Waals surface area contributed by atoms with E-state index in [-0.39, 0.29) is 11.0 Å². The minimum Gasteiger partial charge on any atom is -0.338 e. The summed E-state index contributed by atoms with van der Waals surface area (Å²) >= 11 is 7.95. The van der Waals surface area contributed by atoms with E-state index in [1.54, 1.807) is 30.2 Å². The Morgan fingerprint density at radius 3 is 2.91 bits per heavy atom. The molecule has 0 bridgehead atoms. The molecule has 0 amide bonds. The summed E-state index contributed by atoms with van der Waals surface area (Å²) in [7, 11) is 0. The number of pyridine rings is 2. The summed E-state index contributed by atoms with van der Waals surface area (Å²) in [5.74, 6) is 1.53. The van der Waals surface area contributed by atoms with Crippen LogP contribution in [0.1, 0.15) is 16.1 Å². The number of nitrogens with zero attached hydrogens (tertiary/aromatic N) is 2. The molecule has 1 fully saturated rings. The Hall–Kier alpha value is -1.63. The maximum atomic E-state index is 12.5. The zero-order valence-corrected chi connectivity index (χ0v) is 14.2. The predicted molar refractivity (Wildman–Crippen MR) is 94.9 cm³/mol. The molecule has 3 rings (SSSR count). The number of thioether (sulfide) groups is 1. The van der Waals surface area contributed by atoms with E-state index in [2.05, 4.69) is 20.6 Å². The quantitative estimate of drug-likeness (QED) is 0.828. The average molecular weight is 349 g/mol. The number of rotatable bonds is 4. The van der Waals surface area contributed by atoms with Gasteiger partial charge in [-0.1, -0.05) is 11.6 Å². The molecule has 1 unspecified atom stereocenters. The number of hydrogen-bond acceptors (Lipinski definition) is 6. The molecule has 7 heteroatoms. The number of aryl methyl sites for hydroxylation is 1. The normalized spacial score (nSPS) is 17.7. The number of aromatic nitrogens is 2. The number of carbonyl (C=O) groups excluding carboxylic acids is 1. The van der Waals surface area contributed by atoms with Crippen molar-refractivity contribution >= 4 is 40.7 Å². The third-order valence-corrected chi connectivity index (χ3v) is 5.03. The van der Waals surface area contributed by atoms with Crippen molar-refractivity contribution in [3.05, 3.63) is 46.9 Å². The maximum absolute atomic E-state index is 12.5. The molecular formula is C16H17ClN4OS. The van der Waals surface area contributed by atoms with Gasteiger partial charge in [-0.2, -0.15) is 0 Å². The van der Waals surface area contributed by atoms with Crippen molar-refractivity contribution in [3.8, 4) is 0 Å². The Morgan fingerprint density at radius 2 is 2.26 bits per heavy atom. The van der Waals surface area contributed by atoms with Crippen molar-refractivity contribution in [2.24, 2.45) is 0 Å². The van der Waals surface area contributed by atoms with Gasteiger partial charge in [0.1, 0.15) is 5.82 Å². The molecule has 2 aromatic heterocycles. The molecule has 0 aromatic carbocycles. The molecule has 1 atom stereocenters. The van der Waals surface area contributed by atoms with Gasteiger partial charge in [-0.05, 0) is 25.1 Å². The molecule has 0 spiro atoms. The highest BCUT2D eigenvalue weighted by molar-refractivity contribution is 8.00. The van der Waals surface area contributed by atoms with Crippen LogP contribution in [0.2, 0.25) is 5.02 Å². The Morgan fingerprint density at radius 1 is 1.39 bits per heavy atom. The minimum absolute atomic E-state index is 0.0678. The summed E-state index contributed by atoms with van der Waals surface area (Å²) < 4.78 is 0. The number of Topliss-reactive ketones (excluding diaryl/α,β-unsaturated/α-hetero) is 1. The average Bonchev–Trinajstić information content (AvgIpc) is 2.59. The first-order valence-corrected chi connectivity index (χ1v) is 8.78. The van der Waals surface area contributed by atoms with E-state index in [9.17, 15) is 4.79 Å². The van der Waals surface area contributed by atoms with Crippen molar-refractivity contribution in [1.29, 1.82) is 0 Å². The topological polar surface area (TPSA) is 66.9 Å². The maximum Gasteiger partial charge on any atom is 0.178 e. The number of anilines is 2. The van der Waals surface area contributed by atoms with Crippen LogP contribution < -0.4 is 10.6 Å². The van der Waals surface area contributed by atoms with Crippen LogP contribution in [0, 0.1) is 6.92 Å². The van der Waals surface area contributed by atoms with Crippen molar-refractivity contribution in [2.75, 3.05) is 24.2 Å². The molecule has 1 aliphatic heterocycles. The Labute approximate surface area is 144 Å². The first kappa shape index (κ1) is 16.2. The number of carbonyl (C=O) groups is 1. The monoisotopic (exact) mass is 348 g/mol. The van der Waals surface area contributed by atoms with Gasteiger partial charge in [0.2, 0.25) is 0 Å². The molecule has 5 nitrogen and oxygen atoms in total. The molecule has 1 aliphatic rings. The van der Waals surface area contributed by atoms with E-state index in [1.165, 1.54) is 0 Å². The lowest BCUT2D eigenvalue weighted by atomic mass is 10.1. The second-order valence-electron chi connectivity index (χ2n) is 5.30. The fourth-order valence-electron chi connectivity index (χ4n) is 2.26. The molecule has 23 heavy (non-hydrogen) atoms. The van der Waals surface area contributed by atoms with E-state index in [0.717, 1.165) is 23.7 Å². The molecule has 0 saturated carbocycles. The minimum atomic E-state index is -0.0678. The first-order valence-electron chi connectivity index (χ1n) is 7.35. The molecular weight excluding hydrogens is 332 g/mol. The molecule has 120 valence electrons. The number of ketones is 1. The van der Waals surface area contributed by atoms with Crippen molar-refractivity contribution in [2.45, 2.75) is 12.2 Å². The lowest BCUT2D eigenvalue weighted by Crippen LogP contribution is -2.37. The van der Waals surface area contributed by atoms with Crippen LogP contribution in [0.25, 0.3) is 0 Å². The summed E-state index contributed by atoms with van der Waals surface area (Å²) in [4.78, 5) is 21.0. The summed E-state index contributed by atoms with van der Waals surface area (Å²) in [6.45, 7) is 3.56. The first-order chi connectivity index (χ1) is 11.1. The fraction of sp³-hybridized carbons (Fsp3) is 0.312. The highest BCUT2D eigenvalue weighted by Crippen LogP contribution is 2.26. The molecule has 0 aliphatic carbocycles. The highest BCUT2D eigenvalue weighted by Gasteiger charge is 2.23. The second kappa shape index (κ2) is 7.29. The standard InChI is InChI=1S/C16H17ClN4OS/c1-10-2-3-12(8-19-10)21-16-13(17)6-11(7-20-16)15(22)14-9-18-4-5-23-14/h2-3,6-8,14,18H,4-5,9H2,1H3,(H,20,21). The van der Waals surface area contributed by atoms with E-state index < -0.39 is 0 Å². The Balaban J connectivity index is 1.74. The smallest absolute Gasteiger partial charge is 0.178 e. The van der Waals surface area contributed by atoms with Crippen LogP contribution in [-0.2, 0) is 0 Å². The number of halogens is 1. The fourth-order valence-corrected chi connectivity index (χ4v) is 3.55. The van der Waals surface area contributed by atoms with Gasteiger partial charge >= 0.3 is 0 Å². The van der Waals surface area contributed by atoms with Crippen molar-refractivity contribution in [1.82, 2.24) is 15.3 Å². The molecule has 2 aromatic rings. The predicted octanol–water partition coefficient (Wildman–Crippen LogP) is 3.07. The summed E-state index contributed by atoms with van der Waals surface area (Å²) in [5, 5.41) is 6.70. The van der Waals surface area contributed by atoms with Crippen LogP contribution >= 0.6 is 23.4 Å². The molecule has 3 heterocycles. The molecule has 0 radical (unpaired) electrons. The van der Waals surface area contributed by atoms with Gasteiger partial charge in [0.15, 0.2) is 5.78 Å². The van der Waals surface area contributed by atoms with Gasteiger partial charge in [-0.3, -0.25) is 9.78 Å². The summed E-state index contributed by atoms with van der Waals surface area (Å²) in [6.07, 6.45) is 3.30. The number of nitrogens with one attached hydrogen (secondary N) is 2. The number of hydrogen-bond donors (Lipinski definition) is 2. The van der Waals surface area contributed by atoms with Gasteiger partial charge in [0, 0.05) is 36.3 Å². The zero-order chi connectivity index (χ0) is 16.2. The summed E-state index contributed by atoms with van der Waals surface area (Å²) in [6, 6.07) is 5.49. The molecule has 1 saturated heterocycles. The van der Waals surface area contributed by atoms with Gasteiger partial charge in [-0.15, -0.1) is 11.8 Å². The lowest BCUT2D eigenvalue weighted by molar-refractivity contribution is 0.0988. The highest BCUT2D eigenvalue weighted by atomic mass is 35.5. The summed E-state index contributed by atoms with van der Waals surface area (Å²) in [5.41, 5.74) is 2.29. The van der Waals surface area contributed by atoms with E-state index in [0.29, 0.717) is 22.9 Å². The third-order valence-electron chi connectivity index (χ3n) is 3.52. The SMILES string of the molecule is Cc1ccc(Nc2ncc(C(=O)C3CNCCS3)cc2Cl)cn1. The largest absolute Gasteiger partial charge is 0.338 e. The van der Waals surface area contributed by atoms with Gasteiger partial charge in [-0.25, -0.2) is 4.98 Å². The van der Waals surface area contributed by atoms with Crippen LogP contribution in [0.5, 0.6) is 0 Å². The van der Waals surface area contributed by atoms with Crippen LogP contribution in [-0.4, -0.2) is 39.8 Å². The van der Waals surface area contributed by atoms with E-state index in [1.807, 2.05) is 19.1 Å². The van der Waals surface area contributed by atoms with Crippen molar-refractivity contribution in [3.63, 3.8) is 0 Å². The van der Waals surface area contributed by atoms with Gasteiger partial charge in [0.25, 0.3) is 0 Å². The van der Waals surface area contributed by atoms with E-state index in [4.69, 9.17) is 11.6 Å². The van der Waals surface area contributed by atoms with Crippen LogP contribution in [0.4, 0.5) is 11.5 Å². The Bertz CT molecular complexity index is 702. The van der Waals surface area contributed by atoms with Gasteiger partial charge in [0.05, 0.1) is 22.2 Å². The molecule has 2 N–H and O–H groups in total.